The zero-order valence-electron chi connectivity index (χ0n) is 31.6. The first-order valence-electron chi connectivity index (χ1n) is 19.1. The number of carbonyl (C=O) groups is 4. The van der Waals surface area contributed by atoms with E-state index in [0.717, 1.165) is 97.1 Å². The highest BCUT2D eigenvalue weighted by Crippen LogP contribution is 2.35. The van der Waals surface area contributed by atoms with Crippen LogP contribution in [0, 0.1) is 0 Å². The molecule has 0 bridgehead atoms. The number of imidazole rings is 2. The van der Waals surface area contributed by atoms with Crippen molar-refractivity contribution in [3.63, 3.8) is 0 Å². The van der Waals surface area contributed by atoms with Gasteiger partial charge in [0, 0.05) is 82.7 Å². The van der Waals surface area contributed by atoms with Gasteiger partial charge in [0.1, 0.15) is 24.8 Å². The van der Waals surface area contributed by atoms with E-state index in [-0.39, 0.29) is 23.6 Å². The molecule has 0 spiro atoms. The largest absolute Gasteiger partial charge is 0.384 e. The maximum atomic E-state index is 12.7. The summed E-state index contributed by atoms with van der Waals surface area (Å²) in [5.74, 6) is 1.08. The van der Waals surface area contributed by atoms with Gasteiger partial charge in [-0.1, -0.05) is 51.9 Å². The molecule has 2 aliphatic heterocycles. The molecule has 2 aromatic heterocycles. The van der Waals surface area contributed by atoms with Gasteiger partial charge in [-0.3, -0.25) is 29.0 Å². The summed E-state index contributed by atoms with van der Waals surface area (Å²) in [5.41, 5.74) is 4.49. The summed E-state index contributed by atoms with van der Waals surface area (Å²) < 4.78 is 8.95. The zero-order chi connectivity index (χ0) is 38.8. The minimum atomic E-state index is -0.258. The lowest BCUT2D eigenvalue weighted by Crippen LogP contribution is -2.36. The maximum Gasteiger partial charge on any atom is 0.261 e. The number of aromatic nitrogens is 4. The molecule has 0 unspecified atom stereocenters. The molecule has 2 aliphatic rings. The molecule has 0 fully saturated rings. The summed E-state index contributed by atoms with van der Waals surface area (Å²) in [4.78, 5) is 53.2. The molecule has 0 saturated carbocycles. The zero-order valence-corrected chi connectivity index (χ0v) is 33.3. The molecule has 0 saturated heterocycles. The molecule has 4 aromatic carbocycles. The normalized spacial score (nSPS) is 13.8. The van der Waals surface area contributed by atoms with Gasteiger partial charge in [-0.2, -0.15) is 0 Å². The lowest BCUT2D eigenvalue weighted by molar-refractivity contribution is -0.696. The Kier molecular flexibility index (Phi) is 11.0. The van der Waals surface area contributed by atoms with Crippen molar-refractivity contribution in [3.8, 4) is 0 Å². The number of unbranched alkanes of at least 4 members (excludes halogenated alkanes) is 1. The highest BCUT2D eigenvalue weighted by molar-refractivity contribution is 8.76. The lowest BCUT2D eigenvalue weighted by atomic mass is 9.90. The van der Waals surface area contributed by atoms with Crippen LogP contribution in [0.15, 0.2) is 98.1 Å². The van der Waals surface area contributed by atoms with Crippen LogP contribution < -0.4 is 14.5 Å². The number of imide groups is 2. The van der Waals surface area contributed by atoms with E-state index >= 15 is 0 Å². The second kappa shape index (κ2) is 16.4. The Balaban J connectivity index is 0.714. The summed E-state index contributed by atoms with van der Waals surface area (Å²) in [6.07, 6.45) is 16.8. The van der Waals surface area contributed by atoms with Gasteiger partial charge in [-0.05, 0) is 60.5 Å². The van der Waals surface area contributed by atoms with Gasteiger partial charge < -0.3 is 5.32 Å². The second-order valence-electron chi connectivity index (χ2n) is 14.4. The number of benzene rings is 4. The number of anilines is 1. The number of aryl methyl sites for hydroxylation is 5. The van der Waals surface area contributed by atoms with Crippen LogP contribution in [0.3, 0.4) is 0 Å². The minimum absolute atomic E-state index is 0.232. The van der Waals surface area contributed by atoms with Crippen molar-refractivity contribution in [2.24, 2.45) is 0 Å². The van der Waals surface area contributed by atoms with Crippen LogP contribution in [-0.4, -0.2) is 74.7 Å². The quantitative estimate of drug-likeness (QED) is 0.0506. The molecular formula is C43H45N7O4S2+2. The van der Waals surface area contributed by atoms with Crippen molar-refractivity contribution >= 4 is 72.4 Å². The summed E-state index contributed by atoms with van der Waals surface area (Å²) >= 11 is 0. The Hall–Kier alpha value is -5.40. The number of nitrogens with zero attached hydrogens (tertiary/aromatic N) is 6. The van der Waals surface area contributed by atoms with E-state index in [9.17, 15) is 19.2 Å². The summed E-state index contributed by atoms with van der Waals surface area (Å²) in [6.45, 7) is 4.52. The third kappa shape index (κ3) is 7.45. The van der Waals surface area contributed by atoms with E-state index in [1.807, 2.05) is 76.2 Å². The monoisotopic (exact) mass is 787 g/mol. The van der Waals surface area contributed by atoms with Crippen LogP contribution in [0.1, 0.15) is 66.3 Å². The van der Waals surface area contributed by atoms with Gasteiger partial charge in [-0.25, -0.2) is 18.3 Å². The van der Waals surface area contributed by atoms with Crippen LogP contribution in [0.2, 0.25) is 0 Å². The standard InChI is InChI=1S/C43H44N7O4S2/c1-45-40(51)33-11-5-9-31-30(13-14-35(38(31)33)42(45)53)8-3-4-18-47-20-22-49(28-47)24-26-55-56-27-25-50-23-21-48(29-50)19-7-17-44-37-16-15-36-39-32(37)10-6-12-34(39)41(52)46(2)43(36)54/h5-6,9-16,20-23,28-29H,3-4,7-8,17-19,24-27H2,1-2H3/q+1/p+1. The van der Waals surface area contributed by atoms with Crippen molar-refractivity contribution in [1.29, 1.82) is 0 Å². The smallest absolute Gasteiger partial charge is 0.261 e. The molecule has 0 atom stereocenters. The molecule has 13 heteroatoms. The molecule has 0 radical (unpaired) electrons. The fourth-order valence-electron chi connectivity index (χ4n) is 7.77. The number of hydrogen-bond acceptors (Lipinski definition) is 7. The Morgan fingerprint density at radius 2 is 1.11 bits per heavy atom. The third-order valence-electron chi connectivity index (χ3n) is 10.8. The van der Waals surface area contributed by atoms with Crippen molar-refractivity contribution in [2.45, 2.75) is 51.9 Å². The molecule has 1 N–H and O–H groups in total. The van der Waals surface area contributed by atoms with Crippen LogP contribution in [-0.2, 0) is 32.6 Å². The lowest BCUT2D eigenvalue weighted by Gasteiger charge is -2.24. The van der Waals surface area contributed by atoms with E-state index < -0.39 is 0 Å². The van der Waals surface area contributed by atoms with E-state index in [1.54, 1.807) is 13.1 Å². The summed E-state index contributed by atoms with van der Waals surface area (Å²) in [5, 5.41) is 6.98. The third-order valence-corrected chi connectivity index (χ3v) is 13.1. The predicted octanol–water partition coefficient (Wildman–Crippen LogP) is 6.23. The Bertz CT molecular complexity index is 2280. The van der Waals surface area contributed by atoms with Gasteiger partial charge in [0.25, 0.3) is 23.6 Å². The van der Waals surface area contributed by atoms with Crippen molar-refractivity contribution in [2.75, 3.05) is 37.5 Å². The highest BCUT2D eigenvalue weighted by atomic mass is 33.1. The van der Waals surface area contributed by atoms with E-state index in [2.05, 4.69) is 61.0 Å². The van der Waals surface area contributed by atoms with E-state index in [4.69, 9.17) is 0 Å². The number of carbonyl (C=O) groups excluding carboxylic acids is 4. The fourth-order valence-corrected chi connectivity index (χ4v) is 9.73. The predicted molar refractivity (Wildman–Crippen MR) is 221 cm³/mol. The minimum Gasteiger partial charge on any atom is -0.384 e. The maximum absolute atomic E-state index is 12.7. The molecule has 11 nitrogen and oxygen atoms in total. The number of hydrogen-bond donors (Lipinski definition) is 1. The molecule has 0 aliphatic carbocycles. The molecule has 4 amide bonds. The van der Waals surface area contributed by atoms with E-state index in [0.29, 0.717) is 22.3 Å². The van der Waals surface area contributed by atoms with Crippen molar-refractivity contribution in [1.82, 2.24) is 18.9 Å². The van der Waals surface area contributed by atoms with Crippen LogP contribution >= 0.6 is 21.6 Å². The van der Waals surface area contributed by atoms with E-state index in [1.165, 1.54) is 22.4 Å². The van der Waals surface area contributed by atoms with Gasteiger partial charge in [0.05, 0.1) is 26.2 Å². The van der Waals surface area contributed by atoms with Crippen molar-refractivity contribution < 1.29 is 28.3 Å². The second-order valence-corrected chi connectivity index (χ2v) is 17.1. The molecule has 286 valence electrons. The number of amides is 4. The Morgan fingerprint density at radius 3 is 1.71 bits per heavy atom. The Labute approximate surface area is 333 Å². The highest BCUT2D eigenvalue weighted by Gasteiger charge is 2.32. The first-order chi connectivity index (χ1) is 27.3. The van der Waals surface area contributed by atoms with Gasteiger partial charge in [0.15, 0.2) is 0 Å². The molecule has 8 rings (SSSR count). The first-order valence-corrected chi connectivity index (χ1v) is 21.6. The van der Waals surface area contributed by atoms with Crippen LogP contribution in [0.5, 0.6) is 0 Å². The van der Waals surface area contributed by atoms with Gasteiger partial charge >= 0.3 is 0 Å². The van der Waals surface area contributed by atoms with Crippen LogP contribution in [0.4, 0.5) is 5.69 Å². The van der Waals surface area contributed by atoms with Gasteiger partial charge in [-0.15, -0.1) is 0 Å². The summed E-state index contributed by atoms with van der Waals surface area (Å²) in [6, 6.07) is 19.1. The number of rotatable bonds is 17. The molecule has 4 heterocycles. The molecule has 6 aromatic rings. The Morgan fingerprint density at radius 1 is 0.589 bits per heavy atom. The first kappa shape index (κ1) is 37.5. The fraction of sp³-hybridized carbons (Fsp3) is 0.302. The topological polar surface area (TPSA) is 104 Å². The average molecular weight is 788 g/mol. The van der Waals surface area contributed by atoms with Gasteiger partial charge in [0.2, 0.25) is 12.7 Å². The summed E-state index contributed by atoms with van der Waals surface area (Å²) in [7, 11) is 6.89. The average Bonchev–Trinajstić information content (AvgIpc) is 3.88. The van der Waals surface area contributed by atoms with Crippen molar-refractivity contribution in [3.05, 3.63) is 126 Å². The molecular weight excluding hydrogens is 743 g/mol. The SMILES string of the molecule is CN1C(=O)c2cccc3c(CCCC[n+]4ccn(CCSSCCn5cc[n+](CCCNc6ccc7c8c(cccc68)C(=O)N(C)C7=O)c5)c4)ccc(c23)C1=O. The van der Waals surface area contributed by atoms with Crippen LogP contribution in [0.25, 0.3) is 21.5 Å². The number of nitrogens with one attached hydrogen (secondary N) is 1. The molecule has 56 heavy (non-hydrogen) atoms.